The minimum absolute atomic E-state index is 0.0367. The van der Waals surface area contributed by atoms with E-state index in [2.05, 4.69) is 26.2 Å². The molecule has 0 radical (unpaired) electrons. The number of pyridine rings is 1. The van der Waals surface area contributed by atoms with Crippen LogP contribution < -0.4 is 15.1 Å². The Kier molecular flexibility index (Phi) is 6.33. The van der Waals surface area contributed by atoms with E-state index in [4.69, 9.17) is 0 Å². The normalized spacial score (nSPS) is 12.5. The van der Waals surface area contributed by atoms with E-state index >= 15 is 0 Å². The largest absolute Gasteiger partial charge is 0.360 e. The van der Waals surface area contributed by atoms with Crippen LogP contribution in [-0.2, 0) is 10.0 Å². The quantitative estimate of drug-likeness (QED) is 0.549. The summed E-state index contributed by atoms with van der Waals surface area (Å²) in [5, 5.41) is 2.89. The molecule has 0 fully saturated rings. The third-order valence-corrected chi connectivity index (χ3v) is 7.25. The SMILES string of the molecule is CC[C@H](C)NC(=O)c1c[nH]c2ccc(S(=O)(=O)N(C)c3ccc(Br)cc3)cc2c1=O. The Morgan fingerprint density at radius 3 is 2.50 bits per heavy atom. The number of carbonyl (C=O) groups excluding carboxylic acids is 1. The molecule has 0 aliphatic rings. The van der Waals surface area contributed by atoms with E-state index in [9.17, 15) is 18.0 Å². The zero-order chi connectivity index (χ0) is 22.1. The Morgan fingerprint density at radius 2 is 1.87 bits per heavy atom. The van der Waals surface area contributed by atoms with Crippen LogP contribution in [0.4, 0.5) is 5.69 Å². The second kappa shape index (κ2) is 8.61. The highest BCUT2D eigenvalue weighted by atomic mass is 79.9. The summed E-state index contributed by atoms with van der Waals surface area (Å²) in [4.78, 5) is 28.2. The van der Waals surface area contributed by atoms with Gasteiger partial charge in [-0.1, -0.05) is 22.9 Å². The monoisotopic (exact) mass is 491 g/mol. The second-order valence-electron chi connectivity index (χ2n) is 6.97. The van der Waals surface area contributed by atoms with Gasteiger partial charge in [0.05, 0.1) is 10.6 Å². The van der Waals surface area contributed by atoms with Gasteiger partial charge in [0, 0.05) is 34.7 Å². The van der Waals surface area contributed by atoms with Crippen molar-refractivity contribution in [3.63, 3.8) is 0 Å². The lowest BCUT2D eigenvalue weighted by molar-refractivity contribution is 0.0938. The Balaban J connectivity index is 2.05. The van der Waals surface area contributed by atoms with Gasteiger partial charge >= 0.3 is 0 Å². The van der Waals surface area contributed by atoms with E-state index in [1.807, 2.05) is 13.8 Å². The lowest BCUT2D eigenvalue weighted by Crippen LogP contribution is -2.35. The van der Waals surface area contributed by atoms with Crippen LogP contribution in [0.15, 0.2) is 62.8 Å². The Hall–Kier alpha value is -2.65. The van der Waals surface area contributed by atoms with Gasteiger partial charge in [0.15, 0.2) is 0 Å². The molecule has 158 valence electrons. The van der Waals surface area contributed by atoms with Gasteiger partial charge in [-0.25, -0.2) is 8.42 Å². The first-order valence-corrected chi connectivity index (χ1v) is 11.6. The molecule has 3 rings (SSSR count). The van der Waals surface area contributed by atoms with Crippen molar-refractivity contribution in [1.82, 2.24) is 10.3 Å². The molecule has 0 unspecified atom stereocenters. The molecule has 30 heavy (non-hydrogen) atoms. The maximum absolute atomic E-state index is 13.1. The number of hydrogen-bond donors (Lipinski definition) is 2. The van der Waals surface area contributed by atoms with Crippen molar-refractivity contribution in [3.05, 3.63) is 68.9 Å². The molecule has 9 heteroatoms. The van der Waals surface area contributed by atoms with E-state index in [0.29, 0.717) is 11.2 Å². The molecule has 1 aromatic heterocycles. The number of halogens is 1. The van der Waals surface area contributed by atoms with Crippen LogP contribution in [0.5, 0.6) is 0 Å². The molecular formula is C21H22BrN3O4S. The first kappa shape index (κ1) is 22.0. The maximum Gasteiger partial charge on any atom is 0.264 e. The van der Waals surface area contributed by atoms with Crippen LogP contribution >= 0.6 is 15.9 Å². The van der Waals surface area contributed by atoms with Gasteiger partial charge in [0.1, 0.15) is 5.56 Å². The summed E-state index contributed by atoms with van der Waals surface area (Å²) in [6, 6.07) is 11.0. The van der Waals surface area contributed by atoms with Crippen molar-refractivity contribution in [1.29, 1.82) is 0 Å². The highest BCUT2D eigenvalue weighted by Gasteiger charge is 2.23. The van der Waals surface area contributed by atoms with Crippen LogP contribution in [0.3, 0.4) is 0 Å². The van der Waals surface area contributed by atoms with E-state index < -0.39 is 21.4 Å². The predicted octanol–water partition coefficient (Wildman–Crippen LogP) is 3.64. The number of hydrogen-bond acceptors (Lipinski definition) is 4. The molecule has 0 aliphatic heterocycles. The van der Waals surface area contributed by atoms with E-state index in [-0.39, 0.29) is 21.9 Å². The number of nitrogens with zero attached hydrogens (tertiary/aromatic N) is 1. The van der Waals surface area contributed by atoms with E-state index in [1.165, 1.54) is 31.4 Å². The molecule has 1 heterocycles. The second-order valence-corrected chi connectivity index (χ2v) is 9.86. The number of H-pyrrole nitrogens is 1. The average Bonchev–Trinajstić information content (AvgIpc) is 2.73. The number of carbonyl (C=O) groups is 1. The molecule has 1 atom stereocenters. The topological polar surface area (TPSA) is 99.3 Å². The average molecular weight is 492 g/mol. The zero-order valence-corrected chi connectivity index (χ0v) is 19.2. The molecule has 0 saturated carbocycles. The number of sulfonamides is 1. The summed E-state index contributed by atoms with van der Waals surface area (Å²) in [6.07, 6.45) is 2.08. The van der Waals surface area contributed by atoms with Gasteiger partial charge in [-0.15, -0.1) is 0 Å². The van der Waals surface area contributed by atoms with E-state index in [1.54, 1.807) is 24.3 Å². The third kappa shape index (κ3) is 4.27. The van der Waals surface area contributed by atoms with Crippen LogP contribution in [0.2, 0.25) is 0 Å². The molecule has 0 spiro atoms. The lowest BCUT2D eigenvalue weighted by atomic mass is 10.1. The van der Waals surface area contributed by atoms with Crippen LogP contribution in [0, 0.1) is 0 Å². The van der Waals surface area contributed by atoms with Gasteiger partial charge in [-0.3, -0.25) is 13.9 Å². The molecule has 2 aromatic carbocycles. The fourth-order valence-electron chi connectivity index (χ4n) is 2.88. The number of amides is 1. The third-order valence-electron chi connectivity index (χ3n) is 4.94. The van der Waals surface area contributed by atoms with Crippen molar-refractivity contribution in [2.45, 2.75) is 31.2 Å². The van der Waals surface area contributed by atoms with Crippen molar-refractivity contribution in [2.75, 3.05) is 11.4 Å². The van der Waals surface area contributed by atoms with Crippen LogP contribution in [0.25, 0.3) is 10.9 Å². The Labute approximate surface area is 183 Å². The fourth-order valence-corrected chi connectivity index (χ4v) is 4.36. The summed E-state index contributed by atoms with van der Waals surface area (Å²) in [6.45, 7) is 3.77. The summed E-state index contributed by atoms with van der Waals surface area (Å²) >= 11 is 3.32. The van der Waals surface area contributed by atoms with Gasteiger partial charge in [-0.05, 0) is 55.8 Å². The number of fused-ring (bicyclic) bond motifs is 1. The van der Waals surface area contributed by atoms with Crippen LogP contribution in [-0.4, -0.2) is 32.4 Å². The van der Waals surface area contributed by atoms with E-state index in [0.717, 1.165) is 15.2 Å². The molecule has 0 bridgehead atoms. The molecule has 0 aliphatic carbocycles. The summed E-state index contributed by atoms with van der Waals surface area (Å²) in [5.41, 5.74) is 0.353. The number of aromatic amines is 1. The first-order valence-electron chi connectivity index (χ1n) is 9.36. The Bertz CT molecular complexity index is 1250. The van der Waals surface area contributed by atoms with Crippen LogP contribution in [0.1, 0.15) is 30.6 Å². The molecular weight excluding hydrogens is 470 g/mol. The summed E-state index contributed by atoms with van der Waals surface area (Å²) < 4.78 is 28.2. The Morgan fingerprint density at radius 1 is 1.20 bits per heavy atom. The van der Waals surface area contributed by atoms with Gasteiger partial charge in [0.25, 0.3) is 15.9 Å². The molecule has 2 N–H and O–H groups in total. The minimum Gasteiger partial charge on any atom is -0.360 e. The van der Waals surface area contributed by atoms with Gasteiger partial charge in [0.2, 0.25) is 5.43 Å². The molecule has 1 amide bonds. The molecule has 7 nitrogen and oxygen atoms in total. The minimum atomic E-state index is -3.90. The summed E-state index contributed by atoms with van der Waals surface area (Å²) in [5.74, 6) is -0.493. The van der Waals surface area contributed by atoms with Gasteiger partial charge in [-0.2, -0.15) is 0 Å². The van der Waals surface area contributed by atoms with Crippen molar-refractivity contribution >= 4 is 48.5 Å². The molecule has 3 aromatic rings. The number of rotatable bonds is 6. The van der Waals surface area contributed by atoms with Gasteiger partial charge < -0.3 is 10.3 Å². The van der Waals surface area contributed by atoms with Crippen molar-refractivity contribution in [2.24, 2.45) is 0 Å². The van der Waals surface area contributed by atoms with Crippen molar-refractivity contribution < 1.29 is 13.2 Å². The predicted molar refractivity (Wildman–Crippen MR) is 122 cm³/mol. The first-order chi connectivity index (χ1) is 14.1. The summed E-state index contributed by atoms with van der Waals surface area (Å²) in [7, 11) is -2.46. The highest BCUT2D eigenvalue weighted by molar-refractivity contribution is 9.10. The fraction of sp³-hybridized carbons (Fsp3) is 0.238. The standard InChI is InChI=1S/C21H22BrN3O4S/c1-4-13(2)24-21(27)18-12-23-19-10-9-16(11-17(19)20(18)26)30(28,29)25(3)15-7-5-14(22)6-8-15/h5-13H,4H2,1-3H3,(H,23,26)(H,24,27)/t13-/m0/s1. The number of nitrogens with one attached hydrogen (secondary N) is 2. The maximum atomic E-state index is 13.1. The highest BCUT2D eigenvalue weighted by Crippen LogP contribution is 2.25. The smallest absolute Gasteiger partial charge is 0.264 e. The van der Waals surface area contributed by atoms with Crippen molar-refractivity contribution in [3.8, 4) is 0 Å². The number of anilines is 1. The lowest BCUT2D eigenvalue weighted by Gasteiger charge is -2.20. The number of aromatic nitrogens is 1. The molecule has 0 saturated heterocycles. The zero-order valence-electron chi connectivity index (χ0n) is 16.8. The number of benzene rings is 2.